The van der Waals surface area contributed by atoms with Crippen LogP contribution in [0.3, 0.4) is 0 Å². The minimum Gasteiger partial charge on any atom is -0.409 e. The first-order chi connectivity index (χ1) is 7.97. The van der Waals surface area contributed by atoms with Gasteiger partial charge < -0.3 is 21.4 Å². The summed E-state index contributed by atoms with van der Waals surface area (Å²) in [5.74, 6) is 0.930. The van der Waals surface area contributed by atoms with Crippen molar-refractivity contribution < 1.29 is 10.3 Å². The average Bonchev–Trinajstić information content (AvgIpc) is 2.32. The van der Waals surface area contributed by atoms with Crippen LogP contribution in [-0.4, -0.2) is 34.8 Å². The topological polar surface area (TPSA) is 90.9 Å². The Bertz CT molecular complexity index is 260. The first-order valence-corrected chi connectivity index (χ1v) is 6.37. The largest absolute Gasteiger partial charge is 0.409 e. The van der Waals surface area contributed by atoms with Crippen molar-refractivity contribution in [2.45, 2.75) is 45.1 Å². The second-order valence-corrected chi connectivity index (χ2v) is 5.46. The molecule has 1 aliphatic carbocycles. The van der Waals surface area contributed by atoms with Crippen LogP contribution >= 0.6 is 0 Å². The molecule has 0 saturated heterocycles. The highest BCUT2D eigenvalue weighted by atomic mass is 16.4. The molecular weight excluding hydrogens is 218 g/mol. The fourth-order valence-corrected chi connectivity index (χ4v) is 2.20. The molecule has 0 spiro atoms. The van der Waals surface area contributed by atoms with Crippen molar-refractivity contribution in [3.63, 3.8) is 0 Å². The molecule has 1 fully saturated rings. The molecule has 0 amide bonds. The molecule has 0 heterocycles. The molecule has 17 heavy (non-hydrogen) atoms. The minimum atomic E-state index is -0.572. The molecule has 0 aromatic heterocycles. The number of nitrogens with one attached hydrogen (secondary N) is 1. The summed E-state index contributed by atoms with van der Waals surface area (Å²) in [6.07, 6.45) is 3.90. The zero-order chi connectivity index (χ0) is 12.9. The van der Waals surface area contributed by atoms with Crippen molar-refractivity contribution in [1.82, 2.24) is 5.32 Å². The van der Waals surface area contributed by atoms with Gasteiger partial charge in [-0.05, 0) is 31.6 Å². The summed E-state index contributed by atoms with van der Waals surface area (Å²) in [5, 5.41) is 25.0. The van der Waals surface area contributed by atoms with Crippen LogP contribution in [0.2, 0.25) is 0 Å². The van der Waals surface area contributed by atoms with Gasteiger partial charge in [0.1, 0.15) is 5.84 Å². The van der Waals surface area contributed by atoms with Crippen molar-refractivity contribution in [1.29, 1.82) is 0 Å². The Morgan fingerprint density at radius 1 is 1.53 bits per heavy atom. The highest BCUT2D eigenvalue weighted by Gasteiger charge is 2.31. The summed E-state index contributed by atoms with van der Waals surface area (Å²) in [4.78, 5) is 0. The van der Waals surface area contributed by atoms with Crippen LogP contribution in [0.15, 0.2) is 5.16 Å². The van der Waals surface area contributed by atoms with E-state index in [4.69, 9.17) is 10.9 Å². The Kier molecular flexibility index (Phi) is 5.21. The number of hydrogen-bond donors (Lipinski definition) is 4. The second-order valence-electron chi connectivity index (χ2n) is 5.46. The van der Waals surface area contributed by atoms with Gasteiger partial charge in [-0.3, -0.25) is 0 Å². The van der Waals surface area contributed by atoms with Crippen LogP contribution in [0.5, 0.6) is 0 Å². The van der Waals surface area contributed by atoms with Crippen LogP contribution in [0.1, 0.15) is 39.5 Å². The molecule has 1 aliphatic rings. The molecule has 0 aliphatic heterocycles. The molecule has 1 rings (SSSR count). The molecule has 5 heteroatoms. The second kappa shape index (κ2) is 6.21. The molecular formula is C12H25N3O2. The fourth-order valence-electron chi connectivity index (χ4n) is 2.20. The molecule has 0 aromatic carbocycles. The molecule has 0 bridgehead atoms. The lowest BCUT2D eigenvalue weighted by Crippen LogP contribution is -2.45. The third-order valence-electron chi connectivity index (χ3n) is 3.73. The van der Waals surface area contributed by atoms with Crippen molar-refractivity contribution in [3.8, 4) is 0 Å². The summed E-state index contributed by atoms with van der Waals surface area (Å²) < 4.78 is 0. The van der Waals surface area contributed by atoms with E-state index >= 15 is 0 Å². The van der Waals surface area contributed by atoms with E-state index in [0.717, 1.165) is 31.6 Å². The number of nitrogens with two attached hydrogens (primary N) is 1. The zero-order valence-corrected chi connectivity index (χ0v) is 10.8. The fraction of sp³-hybridized carbons (Fsp3) is 0.917. The molecule has 1 atom stereocenters. The van der Waals surface area contributed by atoms with Gasteiger partial charge in [0.15, 0.2) is 0 Å². The van der Waals surface area contributed by atoms with Gasteiger partial charge in [0.05, 0.1) is 5.60 Å². The third-order valence-corrected chi connectivity index (χ3v) is 3.73. The predicted octanol–water partition coefficient (Wildman–Crippen LogP) is 0.900. The lowest BCUT2D eigenvalue weighted by molar-refractivity contribution is -0.00617. The maximum Gasteiger partial charge on any atom is 0.143 e. The number of nitrogens with zero attached hydrogens (tertiary/aromatic N) is 1. The van der Waals surface area contributed by atoms with Crippen molar-refractivity contribution in [2.75, 3.05) is 13.1 Å². The first kappa shape index (κ1) is 14.3. The summed E-state index contributed by atoms with van der Waals surface area (Å²) in [6, 6.07) is 0. The van der Waals surface area contributed by atoms with Crippen molar-refractivity contribution >= 4 is 5.84 Å². The van der Waals surface area contributed by atoms with E-state index in [-0.39, 0.29) is 11.8 Å². The number of aliphatic hydroxyl groups is 1. The van der Waals surface area contributed by atoms with Crippen LogP contribution in [-0.2, 0) is 0 Å². The quantitative estimate of drug-likeness (QED) is 0.250. The highest BCUT2D eigenvalue weighted by molar-refractivity contribution is 5.82. The van der Waals surface area contributed by atoms with E-state index in [1.54, 1.807) is 0 Å². The lowest BCUT2D eigenvalue weighted by Gasteiger charge is -2.35. The molecule has 0 aromatic rings. The van der Waals surface area contributed by atoms with Crippen molar-refractivity contribution in [2.24, 2.45) is 22.7 Å². The SMILES string of the molecule is CC1CCC(O)(CNCC(C)C(N)=NO)CC1. The van der Waals surface area contributed by atoms with E-state index in [2.05, 4.69) is 17.4 Å². The summed E-state index contributed by atoms with van der Waals surface area (Å²) in [7, 11) is 0. The van der Waals surface area contributed by atoms with Crippen LogP contribution in [0.4, 0.5) is 0 Å². The normalized spacial score (nSPS) is 32.4. The first-order valence-electron chi connectivity index (χ1n) is 6.37. The third kappa shape index (κ3) is 4.52. The predicted molar refractivity (Wildman–Crippen MR) is 68.0 cm³/mol. The number of oxime groups is 1. The van der Waals surface area contributed by atoms with Crippen molar-refractivity contribution in [3.05, 3.63) is 0 Å². The minimum absolute atomic E-state index is 0.0221. The van der Waals surface area contributed by atoms with Gasteiger partial charge in [0, 0.05) is 19.0 Å². The molecule has 5 nitrogen and oxygen atoms in total. The smallest absolute Gasteiger partial charge is 0.143 e. The molecule has 5 N–H and O–H groups in total. The number of hydrogen-bond acceptors (Lipinski definition) is 4. The van der Waals surface area contributed by atoms with Gasteiger partial charge in [-0.1, -0.05) is 19.0 Å². The van der Waals surface area contributed by atoms with Gasteiger partial charge >= 0.3 is 0 Å². The molecule has 100 valence electrons. The van der Waals surface area contributed by atoms with Crippen LogP contribution in [0.25, 0.3) is 0 Å². The molecule has 0 radical (unpaired) electrons. The Morgan fingerprint density at radius 3 is 2.65 bits per heavy atom. The van der Waals surface area contributed by atoms with E-state index in [0.29, 0.717) is 13.1 Å². The maximum atomic E-state index is 10.3. The van der Waals surface area contributed by atoms with E-state index < -0.39 is 5.60 Å². The Labute approximate surface area is 103 Å². The summed E-state index contributed by atoms with van der Waals surface area (Å²) in [6.45, 7) is 5.32. The van der Waals surface area contributed by atoms with Gasteiger partial charge in [-0.2, -0.15) is 0 Å². The maximum absolute atomic E-state index is 10.3. The van der Waals surface area contributed by atoms with E-state index in [1.165, 1.54) is 0 Å². The molecule has 1 saturated carbocycles. The average molecular weight is 243 g/mol. The molecule has 1 unspecified atom stereocenters. The van der Waals surface area contributed by atoms with E-state index in [9.17, 15) is 5.11 Å². The zero-order valence-electron chi connectivity index (χ0n) is 10.8. The summed E-state index contributed by atoms with van der Waals surface area (Å²) >= 11 is 0. The van der Waals surface area contributed by atoms with Crippen LogP contribution < -0.4 is 11.1 Å². The highest BCUT2D eigenvalue weighted by Crippen LogP contribution is 2.31. The van der Waals surface area contributed by atoms with Gasteiger partial charge in [0.25, 0.3) is 0 Å². The summed E-state index contributed by atoms with van der Waals surface area (Å²) in [5.41, 5.74) is 4.91. The Balaban J connectivity index is 2.26. The number of amidine groups is 1. The van der Waals surface area contributed by atoms with Gasteiger partial charge in [-0.15, -0.1) is 0 Å². The number of rotatable bonds is 5. The Morgan fingerprint density at radius 2 is 2.12 bits per heavy atom. The van der Waals surface area contributed by atoms with Gasteiger partial charge in [-0.25, -0.2) is 0 Å². The Hall–Kier alpha value is -0.810. The standard InChI is InChI=1S/C12H25N3O2/c1-9-3-5-12(16,6-4-9)8-14-7-10(2)11(13)15-17/h9-10,14,16-17H,3-8H2,1-2H3,(H2,13,15). The van der Waals surface area contributed by atoms with Gasteiger partial charge in [0.2, 0.25) is 0 Å². The lowest BCUT2D eigenvalue weighted by atomic mass is 9.79. The van der Waals surface area contributed by atoms with E-state index in [1.807, 2.05) is 6.92 Å². The monoisotopic (exact) mass is 243 g/mol. The van der Waals surface area contributed by atoms with Crippen LogP contribution in [0, 0.1) is 11.8 Å².